The van der Waals surface area contributed by atoms with E-state index in [1.165, 1.54) is 0 Å². The first kappa shape index (κ1) is 4.96. The number of hydrogen-bond acceptors (Lipinski definition) is 3. The molecule has 0 aromatic rings. The van der Waals surface area contributed by atoms with Crippen LogP contribution in [0.25, 0.3) is 0 Å². The highest BCUT2D eigenvalue weighted by Gasteiger charge is 2.08. The van der Waals surface area contributed by atoms with Gasteiger partial charge in [-0.05, 0) is 0 Å². The lowest BCUT2D eigenvalue weighted by Gasteiger charge is -1.99. The van der Waals surface area contributed by atoms with Crippen molar-refractivity contribution in [1.82, 2.24) is 5.32 Å². The molecule has 1 radical (unpaired) electrons. The van der Waals surface area contributed by atoms with E-state index < -0.39 is 5.91 Å². The van der Waals surface area contributed by atoms with Gasteiger partial charge in [-0.1, -0.05) is 0 Å². The van der Waals surface area contributed by atoms with Crippen LogP contribution in [0.2, 0.25) is 0 Å². The zero-order valence-electron chi connectivity index (χ0n) is 3.97. The largest absolute Gasteiger partial charge is 0.289 e. The number of hydrogen-bond donors (Lipinski definition) is 1. The number of carbonyl (C=O) groups is 2. The standard InChI is InChI=1S/C4H3N2O2/c7-3-1-5-2-4(8)6-3/h1H2,(H,6,7,8). The van der Waals surface area contributed by atoms with Crippen molar-refractivity contribution < 1.29 is 9.59 Å². The summed E-state index contributed by atoms with van der Waals surface area (Å²) in [4.78, 5) is 23.7. The molecule has 0 atom stereocenters. The minimum Gasteiger partial charge on any atom is -0.289 e. The maximum Gasteiger partial charge on any atom is 0.278 e. The summed E-state index contributed by atoms with van der Waals surface area (Å²) >= 11 is 0. The summed E-state index contributed by atoms with van der Waals surface area (Å²) in [5, 5.41) is 2.00. The van der Waals surface area contributed by atoms with Crippen molar-refractivity contribution >= 4 is 18.0 Å². The van der Waals surface area contributed by atoms with Crippen LogP contribution in [0.3, 0.4) is 0 Å². The van der Waals surface area contributed by atoms with Crippen LogP contribution in [0.1, 0.15) is 0 Å². The molecular formula is C4H3N2O2. The Morgan fingerprint density at radius 3 is 2.75 bits per heavy atom. The van der Waals surface area contributed by atoms with Crippen molar-refractivity contribution in [2.24, 2.45) is 4.99 Å². The van der Waals surface area contributed by atoms with Gasteiger partial charge in [0.2, 0.25) is 5.91 Å². The second kappa shape index (κ2) is 1.73. The second-order valence-corrected chi connectivity index (χ2v) is 1.31. The molecule has 0 aromatic carbocycles. The van der Waals surface area contributed by atoms with E-state index in [2.05, 4.69) is 11.2 Å². The number of rotatable bonds is 0. The third kappa shape index (κ3) is 0.900. The van der Waals surface area contributed by atoms with Crippen LogP contribution in [0, 0.1) is 0 Å². The lowest BCUT2D eigenvalue weighted by Crippen LogP contribution is -2.36. The Bertz CT molecular complexity index is 161. The highest BCUT2D eigenvalue weighted by molar-refractivity contribution is 6.31. The minimum atomic E-state index is -0.554. The van der Waals surface area contributed by atoms with Crippen molar-refractivity contribution in [3.05, 3.63) is 0 Å². The molecule has 0 saturated heterocycles. The van der Waals surface area contributed by atoms with Crippen molar-refractivity contribution in [3.8, 4) is 0 Å². The number of nitrogens with zero attached hydrogens (tertiary/aromatic N) is 1. The predicted molar refractivity (Wildman–Crippen MR) is 25.5 cm³/mol. The van der Waals surface area contributed by atoms with Gasteiger partial charge in [-0.2, -0.15) is 0 Å². The molecule has 0 aliphatic carbocycles. The van der Waals surface area contributed by atoms with Gasteiger partial charge in [0.25, 0.3) is 5.91 Å². The number of carbonyl (C=O) groups excluding carboxylic acids is 2. The lowest BCUT2D eigenvalue weighted by atomic mass is 10.5. The van der Waals surface area contributed by atoms with Crippen LogP contribution >= 0.6 is 0 Å². The Hall–Kier alpha value is -1.19. The van der Waals surface area contributed by atoms with Gasteiger partial charge in [0.05, 0.1) is 0 Å². The van der Waals surface area contributed by atoms with Crippen LogP contribution < -0.4 is 5.32 Å². The summed E-state index contributed by atoms with van der Waals surface area (Å²) in [7, 11) is 0. The van der Waals surface area contributed by atoms with Gasteiger partial charge in [0, 0.05) is 0 Å². The van der Waals surface area contributed by atoms with Crippen LogP contribution in [0.5, 0.6) is 0 Å². The highest BCUT2D eigenvalue weighted by Crippen LogP contribution is 1.76. The topological polar surface area (TPSA) is 58.5 Å². The Kier molecular flexibility index (Phi) is 1.07. The average molecular weight is 111 g/mol. The summed E-state index contributed by atoms with van der Waals surface area (Å²) < 4.78 is 0. The van der Waals surface area contributed by atoms with E-state index in [4.69, 9.17) is 0 Å². The fraction of sp³-hybridized carbons (Fsp3) is 0.250. The van der Waals surface area contributed by atoms with E-state index >= 15 is 0 Å². The quantitative estimate of drug-likeness (QED) is 0.390. The van der Waals surface area contributed by atoms with Crippen molar-refractivity contribution in [3.63, 3.8) is 0 Å². The summed E-state index contributed by atoms with van der Waals surface area (Å²) in [6.45, 7) is 0.0196. The molecule has 0 bridgehead atoms. The molecule has 4 nitrogen and oxygen atoms in total. The van der Waals surface area contributed by atoms with Gasteiger partial charge in [-0.25, -0.2) is 0 Å². The van der Waals surface area contributed by atoms with Gasteiger partial charge < -0.3 is 0 Å². The number of aliphatic imine (C=N–C) groups is 1. The first-order valence-electron chi connectivity index (χ1n) is 2.05. The first-order chi connectivity index (χ1) is 3.79. The van der Waals surface area contributed by atoms with E-state index in [1.54, 1.807) is 0 Å². The summed E-state index contributed by atoms with van der Waals surface area (Å²) in [6.07, 6.45) is 2.07. The van der Waals surface area contributed by atoms with Crippen molar-refractivity contribution in [2.75, 3.05) is 6.54 Å². The summed E-state index contributed by atoms with van der Waals surface area (Å²) in [5.74, 6) is -0.921. The zero-order valence-corrected chi connectivity index (χ0v) is 3.97. The molecule has 1 aliphatic rings. The van der Waals surface area contributed by atoms with Crippen molar-refractivity contribution in [2.45, 2.75) is 0 Å². The Morgan fingerprint density at radius 1 is 1.62 bits per heavy atom. The third-order valence-corrected chi connectivity index (χ3v) is 0.656. The molecule has 0 aromatic heterocycles. The number of nitrogens with one attached hydrogen (secondary N) is 1. The van der Waals surface area contributed by atoms with Crippen LogP contribution in [0.4, 0.5) is 0 Å². The molecule has 0 spiro atoms. The fourth-order valence-electron chi connectivity index (χ4n) is 0.377. The minimum absolute atomic E-state index is 0.0196. The van der Waals surface area contributed by atoms with Gasteiger partial charge in [-0.3, -0.25) is 19.9 Å². The summed E-state index contributed by atoms with van der Waals surface area (Å²) in [6, 6.07) is 0. The fourth-order valence-corrected chi connectivity index (χ4v) is 0.377. The summed E-state index contributed by atoms with van der Waals surface area (Å²) in [5.41, 5.74) is 0. The molecule has 1 heterocycles. The highest BCUT2D eigenvalue weighted by atomic mass is 16.2. The van der Waals surface area contributed by atoms with E-state index in [0.29, 0.717) is 0 Å². The van der Waals surface area contributed by atoms with E-state index in [9.17, 15) is 9.59 Å². The smallest absolute Gasteiger partial charge is 0.278 e. The molecule has 0 unspecified atom stereocenters. The molecular weight excluding hydrogens is 108 g/mol. The SMILES string of the molecule is O=C1[C]=NCC(=O)N1. The molecule has 41 valence electrons. The first-order valence-corrected chi connectivity index (χ1v) is 2.05. The van der Waals surface area contributed by atoms with Gasteiger partial charge in [0.1, 0.15) is 6.54 Å². The lowest BCUT2D eigenvalue weighted by molar-refractivity contribution is -0.126. The maximum atomic E-state index is 10.2. The number of amides is 2. The van der Waals surface area contributed by atoms with Gasteiger partial charge in [0.15, 0.2) is 6.21 Å². The average Bonchev–Trinajstić information content (AvgIpc) is 1.64. The molecule has 2 amide bonds. The monoisotopic (exact) mass is 111 g/mol. The molecule has 0 fully saturated rings. The maximum absolute atomic E-state index is 10.2. The normalized spacial score (nSPS) is 18.5. The molecule has 8 heavy (non-hydrogen) atoms. The van der Waals surface area contributed by atoms with E-state index in [1.807, 2.05) is 5.32 Å². The Balaban J connectivity index is 2.68. The third-order valence-electron chi connectivity index (χ3n) is 0.656. The molecule has 0 saturated carbocycles. The van der Waals surface area contributed by atoms with E-state index in [0.717, 1.165) is 0 Å². The Morgan fingerprint density at radius 2 is 2.38 bits per heavy atom. The van der Waals surface area contributed by atoms with Crippen LogP contribution in [0.15, 0.2) is 4.99 Å². The predicted octanol–water partition coefficient (Wildman–Crippen LogP) is -1.41. The molecule has 1 aliphatic heterocycles. The molecule has 1 rings (SSSR count). The molecule has 4 heteroatoms. The van der Waals surface area contributed by atoms with Gasteiger partial charge >= 0.3 is 0 Å². The van der Waals surface area contributed by atoms with Crippen LogP contribution in [-0.4, -0.2) is 24.6 Å². The van der Waals surface area contributed by atoms with Crippen molar-refractivity contribution in [1.29, 1.82) is 0 Å². The zero-order chi connectivity index (χ0) is 5.98. The Labute approximate surface area is 45.6 Å². The van der Waals surface area contributed by atoms with Gasteiger partial charge in [-0.15, -0.1) is 0 Å². The van der Waals surface area contributed by atoms with Crippen LogP contribution in [-0.2, 0) is 9.59 Å². The van der Waals surface area contributed by atoms with E-state index in [-0.39, 0.29) is 12.5 Å². The second-order valence-electron chi connectivity index (χ2n) is 1.31. The molecule has 1 N–H and O–H groups in total. The number of imide groups is 1.